The summed E-state index contributed by atoms with van der Waals surface area (Å²) in [6, 6.07) is 18.5. The van der Waals surface area contributed by atoms with Crippen LogP contribution in [0.15, 0.2) is 77.7 Å². The summed E-state index contributed by atoms with van der Waals surface area (Å²) in [6.07, 6.45) is 0. The number of carbonyl (C=O) groups excluding carboxylic acids is 1. The first-order valence-electron chi connectivity index (χ1n) is 8.79. The number of fused-ring (bicyclic) bond motifs is 1. The Morgan fingerprint density at radius 1 is 0.862 bits per heavy atom. The van der Waals surface area contributed by atoms with Crippen LogP contribution >= 0.6 is 11.6 Å². The van der Waals surface area contributed by atoms with Crippen LogP contribution in [0.5, 0.6) is 0 Å². The second-order valence-electron chi connectivity index (χ2n) is 6.53. The smallest absolute Gasteiger partial charge is 0.287 e. The van der Waals surface area contributed by atoms with Crippen LogP contribution in [0.2, 0.25) is 5.02 Å². The van der Waals surface area contributed by atoms with Gasteiger partial charge >= 0.3 is 6.03 Å². The molecule has 0 saturated carbocycles. The summed E-state index contributed by atoms with van der Waals surface area (Å²) in [5.74, 6) is -0.564. The Morgan fingerprint density at radius 2 is 1.55 bits per heavy atom. The number of para-hydroxylation sites is 1. The summed E-state index contributed by atoms with van der Waals surface area (Å²) in [5.41, 5.74) is 0.977. The molecule has 0 aromatic heterocycles. The molecule has 0 bridgehead atoms. The van der Waals surface area contributed by atoms with Crippen molar-refractivity contribution in [3.8, 4) is 0 Å². The third-order valence-corrected chi connectivity index (χ3v) is 6.84. The van der Waals surface area contributed by atoms with Crippen LogP contribution in [0.4, 0.5) is 14.9 Å². The summed E-state index contributed by atoms with van der Waals surface area (Å²) in [7, 11) is -4.06. The number of carbonyl (C=O) groups is 1. The number of amides is 2. The quantitative estimate of drug-likeness (QED) is 0.596. The summed E-state index contributed by atoms with van der Waals surface area (Å²) in [4.78, 5) is 14.5. The Morgan fingerprint density at radius 3 is 2.28 bits per heavy atom. The van der Waals surface area contributed by atoms with E-state index in [1.165, 1.54) is 35.2 Å². The van der Waals surface area contributed by atoms with Crippen LogP contribution in [0, 0.1) is 5.82 Å². The van der Waals surface area contributed by atoms with E-state index in [2.05, 4.69) is 0 Å². The van der Waals surface area contributed by atoms with Gasteiger partial charge in [-0.3, -0.25) is 4.90 Å². The van der Waals surface area contributed by atoms with E-state index in [0.717, 1.165) is 4.31 Å². The molecule has 0 N–H and O–H groups in total. The van der Waals surface area contributed by atoms with Crippen molar-refractivity contribution in [2.45, 2.75) is 18.0 Å². The fourth-order valence-electron chi connectivity index (χ4n) is 3.25. The van der Waals surface area contributed by atoms with E-state index in [-0.39, 0.29) is 34.3 Å². The molecule has 148 valence electrons. The molecule has 0 unspecified atom stereocenters. The van der Waals surface area contributed by atoms with Crippen molar-refractivity contribution in [1.29, 1.82) is 0 Å². The molecule has 0 radical (unpaired) electrons. The number of urea groups is 1. The van der Waals surface area contributed by atoms with Crippen LogP contribution in [0.25, 0.3) is 0 Å². The van der Waals surface area contributed by atoms with E-state index in [1.54, 1.807) is 42.5 Å². The van der Waals surface area contributed by atoms with Gasteiger partial charge in [0.15, 0.2) is 0 Å². The van der Waals surface area contributed by atoms with E-state index in [4.69, 9.17) is 11.6 Å². The first-order valence-corrected chi connectivity index (χ1v) is 10.6. The maximum atomic E-state index is 14.4. The molecule has 5 nitrogen and oxygen atoms in total. The number of nitrogens with zero attached hydrogens (tertiary/aromatic N) is 2. The summed E-state index contributed by atoms with van der Waals surface area (Å²) < 4.78 is 41.4. The summed E-state index contributed by atoms with van der Waals surface area (Å²) >= 11 is 6.14. The number of hydrogen-bond donors (Lipinski definition) is 0. The largest absolute Gasteiger partial charge is 0.339 e. The minimum absolute atomic E-state index is 0.0111. The first kappa shape index (κ1) is 19.4. The third kappa shape index (κ3) is 3.47. The molecule has 3 aromatic carbocycles. The lowest BCUT2D eigenvalue weighted by Gasteiger charge is -2.36. The molecule has 1 aliphatic heterocycles. The molecule has 0 aliphatic carbocycles. The molecular formula is C21H16ClFN2O3S. The Balaban J connectivity index is 1.82. The van der Waals surface area contributed by atoms with E-state index in [0.29, 0.717) is 5.56 Å². The van der Waals surface area contributed by atoms with Gasteiger partial charge in [0.1, 0.15) is 10.7 Å². The molecule has 0 atom stereocenters. The van der Waals surface area contributed by atoms with Crippen molar-refractivity contribution in [2.75, 3.05) is 4.90 Å². The van der Waals surface area contributed by atoms with Crippen LogP contribution < -0.4 is 4.90 Å². The highest BCUT2D eigenvalue weighted by atomic mass is 35.5. The molecular weight excluding hydrogens is 415 g/mol. The number of anilines is 1. The van der Waals surface area contributed by atoms with Gasteiger partial charge < -0.3 is 0 Å². The predicted molar refractivity (Wildman–Crippen MR) is 109 cm³/mol. The lowest BCUT2D eigenvalue weighted by molar-refractivity contribution is 0.226. The van der Waals surface area contributed by atoms with Gasteiger partial charge in [0.25, 0.3) is 10.0 Å². The SMILES string of the molecule is O=C1N(Cc2c(F)cccc2Cl)c2ccccc2S(=O)(=O)N1Cc1ccccc1. The number of hydrogen-bond acceptors (Lipinski definition) is 3. The van der Waals surface area contributed by atoms with Gasteiger partial charge in [-0.2, -0.15) is 0 Å². The normalized spacial score (nSPS) is 15.3. The minimum Gasteiger partial charge on any atom is -0.287 e. The van der Waals surface area contributed by atoms with Crippen LogP contribution in [0.1, 0.15) is 11.1 Å². The molecule has 29 heavy (non-hydrogen) atoms. The molecule has 2 amide bonds. The van der Waals surface area contributed by atoms with Crippen molar-refractivity contribution < 1.29 is 17.6 Å². The van der Waals surface area contributed by atoms with Gasteiger partial charge in [-0.1, -0.05) is 60.1 Å². The first-order chi connectivity index (χ1) is 13.9. The molecule has 0 fully saturated rings. The van der Waals surface area contributed by atoms with E-state index < -0.39 is 21.9 Å². The lowest BCUT2D eigenvalue weighted by Crippen LogP contribution is -2.50. The maximum absolute atomic E-state index is 14.4. The second kappa shape index (κ2) is 7.50. The molecule has 8 heteroatoms. The van der Waals surface area contributed by atoms with Crippen molar-refractivity contribution in [3.63, 3.8) is 0 Å². The highest BCUT2D eigenvalue weighted by Gasteiger charge is 2.41. The zero-order chi connectivity index (χ0) is 20.6. The fraction of sp³-hybridized carbons (Fsp3) is 0.0952. The average molecular weight is 431 g/mol. The molecule has 3 aromatic rings. The fourth-order valence-corrected chi connectivity index (χ4v) is 5.03. The monoisotopic (exact) mass is 430 g/mol. The number of benzene rings is 3. The van der Waals surface area contributed by atoms with Crippen LogP contribution in [-0.2, 0) is 23.1 Å². The number of sulfonamides is 1. The Bertz CT molecular complexity index is 1170. The second-order valence-corrected chi connectivity index (χ2v) is 8.77. The Kier molecular flexibility index (Phi) is 5.02. The maximum Gasteiger partial charge on any atom is 0.339 e. The van der Waals surface area contributed by atoms with E-state index >= 15 is 0 Å². The standard InChI is InChI=1S/C21H16ClFN2O3S/c22-17-9-6-10-18(23)16(17)14-24-19-11-4-5-12-20(19)29(27,28)25(21(24)26)13-15-7-2-1-3-8-15/h1-12H,13-14H2. The molecule has 4 rings (SSSR count). The molecule has 0 saturated heterocycles. The number of halogens is 2. The zero-order valence-electron chi connectivity index (χ0n) is 15.1. The predicted octanol–water partition coefficient (Wildman–Crippen LogP) is 4.81. The third-order valence-electron chi connectivity index (χ3n) is 4.72. The van der Waals surface area contributed by atoms with Gasteiger partial charge in [-0.05, 0) is 29.8 Å². The van der Waals surface area contributed by atoms with Crippen molar-refractivity contribution in [1.82, 2.24) is 4.31 Å². The minimum atomic E-state index is -4.06. The van der Waals surface area contributed by atoms with Crippen LogP contribution in [-0.4, -0.2) is 18.8 Å². The van der Waals surface area contributed by atoms with Gasteiger partial charge in [0, 0.05) is 10.6 Å². The van der Waals surface area contributed by atoms with Crippen molar-refractivity contribution in [3.05, 3.63) is 94.8 Å². The van der Waals surface area contributed by atoms with E-state index in [9.17, 15) is 17.6 Å². The number of rotatable bonds is 4. The summed E-state index contributed by atoms with van der Waals surface area (Å²) in [5, 5.41) is 0.165. The topological polar surface area (TPSA) is 57.7 Å². The van der Waals surface area contributed by atoms with Crippen molar-refractivity contribution in [2.24, 2.45) is 0 Å². The molecule has 0 spiro atoms. The van der Waals surface area contributed by atoms with Gasteiger partial charge in [0.05, 0.1) is 18.8 Å². The van der Waals surface area contributed by atoms with Gasteiger partial charge in [-0.15, -0.1) is 0 Å². The van der Waals surface area contributed by atoms with Gasteiger partial charge in [-0.25, -0.2) is 21.9 Å². The van der Waals surface area contributed by atoms with Crippen molar-refractivity contribution >= 4 is 33.3 Å². The average Bonchev–Trinajstić information content (AvgIpc) is 2.71. The van der Waals surface area contributed by atoms with E-state index in [1.807, 2.05) is 0 Å². The summed E-state index contributed by atoms with van der Waals surface area (Å²) in [6.45, 7) is -0.319. The zero-order valence-corrected chi connectivity index (χ0v) is 16.7. The molecule has 1 heterocycles. The lowest BCUT2D eigenvalue weighted by atomic mass is 10.1. The highest BCUT2D eigenvalue weighted by molar-refractivity contribution is 7.90. The van der Waals surface area contributed by atoms with Gasteiger partial charge in [0.2, 0.25) is 0 Å². The highest BCUT2D eigenvalue weighted by Crippen LogP contribution is 2.37. The molecule has 1 aliphatic rings. The Labute approximate surface area is 173 Å². The van der Waals surface area contributed by atoms with Crippen LogP contribution in [0.3, 0.4) is 0 Å². The Hall–Kier alpha value is -2.90.